The number of carbonyl (C=O) groups is 2. The molecule has 1 aliphatic rings. The molecule has 1 atom stereocenters. The van der Waals surface area contributed by atoms with Crippen LogP contribution in [0.4, 0.5) is 0 Å². The third kappa shape index (κ3) is 4.50. The summed E-state index contributed by atoms with van der Waals surface area (Å²) in [5, 5.41) is 10.0. The highest BCUT2D eigenvalue weighted by Gasteiger charge is 2.40. The molecule has 0 aliphatic carbocycles. The number of amides is 1. The van der Waals surface area contributed by atoms with Crippen molar-refractivity contribution < 1.29 is 14.7 Å². The highest BCUT2D eigenvalue weighted by molar-refractivity contribution is 8.26. The second-order valence-electron chi connectivity index (χ2n) is 4.74. The van der Waals surface area contributed by atoms with Crippen molar-refractivity contribution in [2.75, 3.05) is 12.0 Å². The van der Waals surface area contributed by atoms with Crippen molar-refractivity contribution in [3.05, 3.63) is 39.8 Å². The molecular formula is C15H14ClNO3S3. The predicted molar refractivity (Wildman–Crippen MR) is 101 cm³/mol. The van der Waals surface area contributed by atoms with E-state index in [0.717, 1.165) is 17.3 Å². The van der Waals surface area contributed by atoms with Crippen LogP contribution in [-0.2, 0) is 9.59 Å². The molecule has 1 amide bonds. The van der Waals surface area contributed by atoms with E-state index in [1.54, 1.807) is 30.3 Å². The number of hydrogen-bond acceptors (Lipinski definition) is 5. The van der Waals surface area contributed by atoms with Crippen LogP contribution in [0.2, 0.25) is 5.02 Å². The Morgan fingerprint density at radius 1 is 1.48 bits per heavy atom. The number of nitrogens with zero attached hydrogens (tertiary/aromatic N) is 1. The Morgan fingerprint density at radius 2 is 2.13 bits per heavy atom. The van der Waals surface area contributed by atoms with Gasteiger partial charge in [0.1, 0.15) is 10.4 Å². The van der Waals surface area contributed by atoms with E-state index in [0.29, 0.717) is 22.1 Å². The van der Waals surface area contributed by atoms with E-state index in [9.17, 15) is 14.7 Å². The Hall–Kier alpha value is -1.02. The van der Waals surface area contributed by atoms with Crippen LogP contribution in [0.3, 0.4) is 0 Å². The Balaban J connectivity index is 2.24. The van der Waals surface area contributed by atoms with Crippen molar-refractivity contribution in [2.45, 2.75) is 12.5 Å². The number of aliphatic carboxylic acids is 1. The van der Waals surface area contributed by atoms with E-state index in [-0.39, 0.29) is 10.2 Å². The van der Waals surface area contributed by atoms with E-state index in [4.69, 9.17) is 23.8 Å². The monoisotopic (exact) mass is 387 g/mol. The highest BCUT2D eigenvalue weighted by Crippen LogP contribution is 2.35. The summed E-state index contributed by atoms with van der Waals surface area (Å²) in [6, 6.07) is 6.11. The Bertz CT molecular complexity index is 660. The van der Waals surface area contributed by atoms with Crippen LogP contribution in [0.15, 0.2) is 29.2 Å². The first-order valence-corrected chi connectivity index (χ1v) is 9.68. The normalized spacial score (nSPS) is 17.8. The Labute approximate surface area is 153 Å². The minimum absolute atomic E-state index is 0.281. The van der Waals surface area contributed by atoms with Crippen molar-refractivity contribution in [1.29, 1.82) is 0 Å². The maximum Gasteiger partial charge on any atom is 0.326 e. The van der Waals surface area contributed by atoms with Gasteiger partial charge in [-0.2, -0.15) is 11.8 Å². The number of thiocarbonyl (C=S) groups is 1. The molecule has 1 heterocycles. The number of hydrogen-bond donors (Lipinski definition) is 1. The summed E-state index contributed by atoms with van der Waals surface area (Å²) < 4.78 is 0.281. The highest BCUT2D eigenvalue weighted by atomic mass is 35.5. The molecular weight excluding hydrogens is 374 g/mol. The molecule has 1 saturated heterocycles. The van der Waals surface area contributed by atoms with Crippen LogP contribution in [0.5, 0.6) is 0 Å². The summed E-state index contributed by atoms with van der Waals surface area (Å²) in [5.74, 6) is -0.754. The second kappa shape index (κ2) is 8.19. The number of carboxylic acid groups (broad SMARTS) is 1. The third-order valence-corrected chi connectivity index (χ3v) is 5.41. The molecule has 1 aliphatic heterocycles. The summed E-state index contributed by atoms with van der Waals surface area (Å²) in [7, 11) is 0. The van der Waals surface area contributed by atoms with Gasteiger partial charge in [-0.05, 0) is 42.2 Å². The topological polar surface area (TPSA) is 57.6 Å². The zero-order chi connectivity index (χ0) is 17.0. The molecule has 23 heavy (non-hydrogen) atoms. The molecule has 1 N–H and O–H groups in total. The van der Waals surface area contributed by atoms with E-state index < -0.39 is 12.0 Å². The van der Waals surface area contributed by atoms with Gasteiger partial charge in [-0.1, -0.05) is 47.7 Å². The van der Waals surface area contributed by atoms with Crippen LogP contribution in [0.25, 0.3) is 6.08 Å². The lowest BCUT2D eigenvalue weighted by atomic mass is 10.2. The summed E-state index contributed by atoms with van der Waals surface area (Å²) in [6.07, 6.45) is 3.95. The van der Waals surface area contributed by atoms with E-state index in [1.165, 1.54) is 16.7 Å². The minimum atomic E-state index is -1.04. The van der Waals surface area contributed by atoms with Gasteiger partial charge in [0.2, 0.25) is 0 Å². The fourth-order valence-electron chi connectivity index (χ4n) is 2.05. The van der Waals surface area contributed by atoms with Gasteiger partial charge >= 0.3 is 5.97 Å². The smallest absolute Gasteiger partial charge is 0.326 e. The molecule has 0 spiro atoms. The van der Waals surface area contributed by atoms with Crippen molar-refractivity contribution in [2.24, 2.45) is 0 Å². The van der Waals surface area contributed by atoms with Crippen molar-refractivity contribution in [3.63, 3.8) is 0 Å². The number of benzene rings is 1. The lowest BCUT2D eigenvalue weighted by molar-refractivity contribution is -0.145. The first-order chi connectivity index (χ1) is 10.9. The Kier molecular flexibility index (Phi) is 6.52. The quantitative estimate of drug-likeness (QED) is 0.592. The Morgan fingerprint density at radius 3 is 2.70 bits per heavy atom. The maximum atomic E-state index is 12.5. The standard InChI is InChI=1S/C15H14ClNO3S3/c1-22-7-6-11(14(19)20)17-13(18)12(23-15(17)21)8-9-2-4-10(16)5-3-9/h2-5,8,11H,6-7H2,1H3,(H,19,20)/b12-8-. The molecule has 8 heteroatoms. The summed E-state index contributed by atoms with van der Waals surface area (Å²) >= 11 is 13.7. The molecule has 0 radical (unpaired) electrons. The predicted octanol–water partition coefficient (Wildman–Crippen LogP) is 3.75. The zero-order valence-corrected chi connectivity index (χ0v) is 15.4. The first kappa shape index (κ1) is 18.3. The van der Waals surface area contributed by atoms with E-state index in [1.807, 2.05) is 6.26 Å². The van der Waals surface area contributed by atoms with Crippen LogP contribution in [0, 0.1) is 0 Å². The second-order valence-corrected chi connectivity index (χ2v) is 7.84. The molecule has 0 saturated carbocycles. The maximum absolute atomic E-state index is 12.5. The van der Waals surface area contributed by atoms with Crippen molar-refractivity contribution >= 4 is 69.6 Å². The average molecular weight is 388 g/mol. The number of halogens is 1. The van der Waals surface area contributed by atoms with Gasteiger partial charge in [0.25, 0.3) is 5.91 Å². The zero-order valence-electron chi connectivity index (χ0n) is 12.2. The molecule has 2 rings (SSSR count). The van der Waals surface area contributed by atoms with Gasteiger partial charge in [-0.25, -0.2) is 4.79 Å². The van der Waals surface area contributed by atoms with Gasteiger partial charge in [-0.3, -0.25) is 9.69 Å². The minimum Gasteiger partial charge on any atom is -0.480 e. The van der Waals surface area contributed by atoms with Gasteiger partial charge < -0.3 is 5.11 Å². The summed E-state index contributed by atoms with van der Waals surface area (Å²) in [6.45, 7) is 0. The van der Waals surface area contributed by atoms with Gasteiger partial charge in [0, 0.05) is 5.02 Å². The molecule has 122 valence electrons. The fraction of sp³-hybridized carbons (Fsp3) is 0.267. The molecule has 1 aromatic carbocycles. The lowest BCUT2D eigenvalue weighted by Crippen LogP contribution is -2.44. The van der Waals surface area contributed by atoms with Gasteiger partial charge in [-0.15, -0.1) is 0 Å². The first-order valence-electron chi connectivity index (χ1n) is 6.68. The fourth-order valence-corrected chi connectivity index (χ4v) is 3.99. The van der Waals surface area contributed by atoms with Crippen molar-refractivity contribution in [1.82, 2.24) is 4.90 Å². The molecule has 0 aromatic heterocycles. The number of carboxylic acids is 1. The number of carbonyl (C=O) groups excluding carboxylic acids is 1. The SMILES string of the molecule is CSCCC(C(=O)O)N1C(=O)/C(=C/c2ccc(Cl)cc2)SC1=S. The number of thioether (sulfide) groups is 2. The molecule has 4 nitrogen and oxygen atoms in total. The summed E-state index contributed by atoms with van der Waals surface area (Å²) in [5.41, 5.74) is 0.811. The molecule has 1 unspecified atom stereocenters. The van der Waals surface area contributed by atoms with Crippen LogP contribution >= 0.6 is 47.3 Å². The largest absolute Gasteiger partial charge is 0.480 e. The average Bonchev–Trinajstić information content (AvgIpc) is 2.77. The van der Waals surface area contributed by atoms with Crippen molar-refractivity contribution in [3.8, 4) is 0 Å². The van der Waals surface area contributed by atoms with E-state index in [2.05, 4.69) is 0 Å². The third-order valence-electron chi connectivity index (χ3n) is 3.18. The summed E-state index contributed by atoms with van der Waals surface area (Å²) in [4.78, 5) is 25.7. The van der Waals surface area contributed by atoms with E-state index >= 15 is 0 Å². The number of rotatable bonds is 6. The van der Waals surface area contributed by atoms with Crippen LogP contribution in [-0.4, -0.2) is 44.3 Å². The lowest BCUT2D eigenvalue weighted by Gasteiger charge is -2.22. The molecule has 1 aromatic rings. The van der Waals surface area contributed by atoms with Crippen LogP contribution in [0.1, 0.15) is 12.0 Å². The van der Waals surface area contributed by atoms with Crippen LogP contribution < -0.4 is 0 Å². The molecule has 1 fully saturated rings. The van der Waals surface area contributed by atoms with Gasteiger partial charge in [0.15, 0.2) is 0 Å². The van der Waals surface area contributed by atoms with Gasteiger partial charge in [0.05, 0.1) is 4.91 Å². The molecule has 0 bridgehead atoms.